The highest BCUT2D eigenvalue weighted by Crippen LogP contribution is 2.24. The third-order valence-corrected chi connectivity index (χ3v) is 6.62. The first kappa shape index (κ1) is 19.9. The average molecular weight is 433 g/mol. The third-order valence-electron chi connectivity index (χ3n) is 5.49. The third kappa shape index (κ3) is 4.24. The summed E-state index contributed by atoms with van der Waals surface area (Å²) in [5.41, 5.74) is 4.96. The van der Waals surface area contributed by atoms with E-state index in [0.717, 1.165) is 40.2 Å². The van der Waals surface area contributed by atoms with Crippen molar-refractivity contribution < 1.29 is 9.53 Å². The summed E-state index contributed by atoms with van der Waals surface area (Å²) in [6.07, 6.45) is 1.59. The van der Waals surface area contributed by atoms with Crippen LogP contribution in [-0.4, -0.2) is 33.8 Å². The van der Waals surface area contributed by atoms with Gasteiger partial charge in [-0.1, -0.05) is 48.0 Å². The minimum Gasteiger partial charge on any atom is -0.375 e. The lowest BCUT2D eigenvalue weighted by molar-refractivity contribution is 0.0950. The Morgan fingerprint density at radius 1 is 1.19 bits per heavy atom. The Morgan fingerprint density at radius 3 is 2.87 bits per heavy atom. The molecule has 0 unspecified atom stereocenters. The number of ether oxygens (including phenoxy) is 1. The van der Waals surface area contributed by atoms with Crippen LogP contribution in [0.25, 0.3) is 10.9 Å². The van der Waals surface area contributed by atoms with Gasteiger partial charge in [0.05, 0.1) is 40.9 Å². The van der Waals surface area contributed by atoms with Gasteiger partial charge in [-0.15, -0.1) is 11.3 Å². The molecule has 1 amide bonds. The molecule has 3 heterocycles. The van der Waals surface area contributed by atoms with E-state index in [0.29, 0.717) is 31.8 Å². The molecule has 6 nitrogen and oxygen atoms in total. The van der Waals surface area contributed by atoms with Gasteiger partial charge in [0.25, 0.3) is 5.91 Å². The minimum atomic E-state index is -0.150. The molecule has 1 aliphatic heterocycles. The largest absolute Gasteiger partial charge is 0.375 e. The Balaban J connectivity index is 1.30. The molecule has 31 heavy (non-hydrogen) atoms. The SMILES string of the molecule is Cc1ccc(Cn2nc(C(=O)NCCc3nc4c(s3)COCC4)c3ccccc32)cc1. The summed E-state index contributed by atoms with van der Waals surface area (Å²) in [6.45, 7) is 4.63. The topological polar surface area (TPSA) is 69.0 Å². The van der Waals surface area contributed by atoms with Crippen LogP contribution in [-0.2, 0) is 30.7 Å². The standard InChI is InChI=1S/C24H24N4O2S/c1-16-6-8-17(9-7-16)14-28-20-5-3-2-4-18(20)23(27-28)24(29)25-12-10-22-26-19-11-13-30-15-21(19)31-22/h2-9H,10-15H2,1H3,(H,25,29). The van der Waals surface area contributed by atoms with Gasteiger partial charge < -0.3 is 10.1 Å². The lowest BCUT2D eigenvalue weighted by Crippen LogP contribution is -2.26. The zero-order valence-electron chi connectivity index (χ0n) is 17.4. The predicted octanol–water partition coefficient (Wildman–Crippen LogP) is 3.89. The van der Waals surface area contributed by atoms with Crippen molar-refractivity contribution >= 4 is 28.1 Å². The molecule has 158 valence electrons. The fraction of sp³-hybridized carbons (Fsp3) is 0.292. The van der Waals surface area contributed by atoms with E-state index in [9.17, 15) is 4.79 Å². The second-order valence-corrected chi connectivity index (χ2v) is 8.96. The molecule has 2 aromatic carbocycles. The molecule has 1 aliphatic rings. The molecule has 0 saturated carbocycles. The number of amides is 1. The van der Waals surface area contributed by atoms with Crippen molar-refractivity contribution in [3.05, 3.63) is 80.9 Å². The van der Waals surface area contributed by atoms with E-state index < -0.39 is 0 Å². The summed E-state index contributed by atoms with van der Waals surface area (Å²) in [5.74, 6) is -0.150. The maximum Gasteiger partial charge on any atom is 0.272 e. The average Bonchev–Trinajstić information content (AvgIpc) is 3.37. The maximum atomic E-state index is 12.9. The lowest BCUT2D eigenvalue weighted by Gasteiger charge is -2.08. The Bertz CT molecular complexity index is 1200. The number of nitrogens with one attached hydrogen (secondary N) is 1. The molecular weight excluding hydrogens is 408 g/mol. The fourth-order valence-electron chi connectivity index (χ4n) is 3.83. The molecule has 7 heteroatoms. The zero-order valence-corrected chi connectivity index (χ0v) is 18.2. The molecule has 5 rings (SSSR count). The van der Waals surface area contributed by atoms with Crippen molar-refractivity contribution in [3.63, 3.8) is 0 Å². The lowest BCUT2D eigenvalue weighted by atomic mass is 10.1. The molecule has 0 atom stereocenters. The molecule has 0 saturated heterocycles. The summed E-state index contributed by atoms with van der Waals surface area (Å²) in [5, 5.41) is 9.60. The van der Waals surface area contributed by atoms with Gasteiger partial charge in [0, 0.05) is 24.8 Å². The van der Waals surface area contributed by atoms with Gasteiger partial charge in [-0.25, -0.2) is 4.98 Å². The molecule has 0 spiro atoms. The Labute approximate surface area is 184 Å². The van der Waals surface area contributed by atoms with Gasteiger partial charge in [0.2, 0.25) is 0 Å². The van der Waals surface area contributed by atoms with E-state index in [-0.39, 0.29) is 5.91 Å². The fourth-order valence-corrected chi connectivity index (χ4v) is 4.89. The Kier molecular flexibility index (Phi) is 5.53. The number of nitrogens with zero attached hydrogens (tertiary/aromatic N) is 3. The number of aryl methyl sites for hydroxylation is 1. The number of rotatable bonds is 6. The zero-order chi connectivity index (χ0) is 21.2. The van der Waals surface area contributed by atoms with Gasteiger partial charge in [0.1, 0.15) is 0 Å². The first-order chi connectivity index (χ1) is 15.2. The van der Waals surface area contributed by atoms with Crippen LogP contribution < -0.4 is 5.32 Å². The van der Waals surface area contributed by atoms with E-state index >= 15 is 0 Å². The van der Waals surface area contributed by atoms with E-state index in [2.05, 4.69) is 41.6 Å². The second-order valence-electron chi connectivity index (χ2n) is 7.79. The minimum absolute atomic E-state index is 0.150. The van der Waals surface area contributed by atoms with E-state index in [1.807, 2.05) is 28.9 Å². The van der Waals surface area contributed by atoms with Crippen molar-refractivity contribution in [2.45, 2.75) is 32.9 Å². The van der Waals surface area contributed by atoms with Crippen LogP contribution in [0, 0.1) is 6.92 Å². The van der Waals surface area contributed by atoms with Crippen LogP contribution in [0.1, 0.15) is 37.2 Å². The van der Waals surface area contributed by atoms with Crippen LogP contribution >= 0.6 is 11.3 Å². The molecule has 0 aliphatic carbocycles. The summed E-state index contributed by atoms with van der Waals surface area (Å²) in [7, 11) is 0. The number of fused-ring (bicyclic) bond motifs is 2. The van der Waals surface area contributed by atoms with Crippen LogP contribution in [0.15, 0.2) is 48.5 Å². The quantitative estimate of drug-likeness (QED) is 0.502. The molecular formula is C24H24N4O2S. The van der Waals surface area contributed by atoms with E-state index in [1.54, 1.807) is 11.3 Å². The molecule has 0 bridgehead atoms. The smallest absolute Gasteiger partial charge is 0.272 e. The highest BCUT2D eigenvalue weighted by molar-refractivity contribution is 7.11. The molecule has 0 radical (unpaired) electrons. The first-order valence-corrected chi connectivity index (χ1v) is 11.3. The number of para-hydroxylation sites is 1. The number of benzene rings is 2. The van der Waals surface area contributed by atoms with Crippen molar-refractivity contribution in [1.29, 1.82) is 0 Å². The summed E-state index contributed by atoms with van der Waals surface area (Å²) < 4.78 is 7.40. The van der Waals surface area contributed by atoms with Gasteiger partial charge in [-0.3, -0.25) is 9.48 Å². The number of aromatic nitrogens is 3. The van der Waals surface area contributed by atoms with Gasteiger partial charge in [0.15, 0.2) is 5.69 Å². The maximum absolute atomic E-state index is 12.9. The van der Waals surface area contributed by atoms with Gasteiger partial charge in [-0.2, -0.15) is 5.10 Å². The Hall–Kier alpha value is -3.03. The van der Waals surface area contributed by atoms with Gasteiger partial charge in [-0.05, 0) is 18.6 Å². The molecule has 1 N–H and O–H groups in total. The van der Waals surface area contributed by atoms with Crippen molar-refractivity contribution in [3.8, 4) is 0 Å². The van der Waals surface area contributed by atoms with Crippen molar-refractivity contribution in [1.82, 2.24) is 20.1 Å². The highest BCUT2D eigenvalue weighted by atomic mass is 32.1. The van der Waals surface area contributed by atoms with Crippen molar-refractivity contribution in [2.75, 3.05) is 13.2 Å². The van der Waals surface area contributed by atoms with E-state index in [4.69, 9.17) is 9.72 Å². The van der Waals surface area contributed by atoms with Gasteiger partial charge >= 0.3 is 0 Å². The molecule has 0 fully saturated rings. The second kappa shape index (κ2) is 8.61. The Morgan fingerprint density at radius 2 is 2.03 bits per heavy atom. The van der Waals surface area contributed by atoms with Crippen LogP contribution in [0.2, 0.25) is 0 Å². The number of thiazole rings is 1. The number of hydrogen-bond acceptors (Lipinski definition) is 5. The summed E-state index contributed by atoms with van der Waals surface area (Å²) in [4.78, 5) is 18.8. The monoisotopic (exact) mass is 432 g/mol. The summed E-state index contributed by atoms with van der Waals surface area (Å²) in [6, 6.07) is 16.3. The molecule has 4 aromatic rings. The highest BCUT2D eigenvalue weighted by Gasteiger charge is 2.18. The number of carbonyl (C=O) groups is 1. The summed E-state index contributed by atoms with van der Waals surface area (Å²) >= 11 is 1.68. The first-order valence-electron chi connectivity index (χ1n) is 10.5. The predicted molar refractivity (Wildman–Crippen MR) is 122 cm³/mol. The molecule has 2 aromatic heterocycles. The van der Waals surface area contributed by atoms with Crippen LogP contribution in [0.5, 0.6) is 0 Å². The number of hydrogen-bond donors (Lipinski definition) is 1. The van der Waals surface area contributed by atoms with E-state index in [1.165, 1.54) is 10.4 Å². The van der Waals surface area contributed by atoms with Crippen molar-refractivity contribution in [2.24, 2.45) is 0 Å². The van der Waals surface area contributed by atoms with Crippen LogP contribution in [0.4, 0.5) is 0 Å². The van der Waals surface area contributed by atoms with Crippen LogP contribution in [0.3, 0.4) is 0 Å². The number of carbonyl (C=O) groups excluding carboxylic acids is 1. The normalized spacial score (nSPS) is 13.3.